The van der Waals surface area contributed by atoms with E-state index >= 15 is 0 Å². The summed E-state index contributed by atoms with van der Waals surface area (Å²) in [6, 6.07) is 32.5. The largest absolute Gasteiger partial charge is 0.451 e. The van der Waals surface area contributed by atoms with E-state index in [0.717, 1.165) is 26.9 Å². The van der Waals surface area contributed by atoms with Crippen molar-refractivity contribution in [3.05, 3.63) is 136 Å². The third kappa shape index (κ3) is 4.19. The van der Waals surface area contributed by atoms with Crippen molar-refractivity contribution in [2.24, 2.45) is 11.8 Å². The normalized spacial score (nSPS) is 22.5. The molecule has 0 aromatic heterocycles. The van der Waals surface area contributed by atoms with E-state index in [2.05, 4.69) is 15.9 Å². The van der Waals surface area contributed by atoms with E-state index in [-0.39, 0.29) is 11.8 Å². The van der Waals surface area contributed by atoms with Gasteiger partial charge in [-0.25, -0.2) is 9.69 Å². The first-order chi connectivity index (χ1) is 20.0. The fourth-order valence-corrected chi connectivity index (χ4v) is 6.66. The van der Waals surface area contributed by atoms with E-state index in [1.165, 1.54) is 4.90 Å². The van der Waals surface area contributed by atoms with Gasteiger partial charge >= 0.3 is 5.97 Å². The minimum absolute atomic E-state index is 0.306. The molecule has 4 aromatic carbocycles. The minimum atomic E-state index is -0.983. The summed E-state index contributed by atoms with van der Waals surface area (Å²) >= 11 is 3.42. The number of halogens is 1. The van der Waals surface area contributed by atoms with Gasteiger partial charge in [-0.1, -0.05) is 107 Å². The van der Waals surface area contributed by atoms with Gasteiger partial charge in [-0.15, -0.1) is 0 Å². The number of ether oxygens (including phenoxy) is 1. The van der Waals surface area contributed by atoms with Crippen LogP contribution in [0.2, 0.25) is 0 Å². The summed E-state index contributed by atoms with van der Waals surface area (Å²) in [5.41, 5.74) is 3.87. The van der Waals surface area contributed by atoms with Crippen molar-refractivity contribution in [3.8, 4) is 0 Å². The van der Waals surface area contributed by atoms with Crippen LogP contribution in [0.25, 0.3) is 6.08 Å². The van der Waals surface area contributed by atoms with Crippen LogP contribution >= 0.6 is 15.9 Å². The fourth-order valence-electron chi connectivity index (χ4n) is 6.40. The molecule has 7 rings (SSSR count). The van der Waals surface area contributed by atoms with Crippen molar-refractivity contribution in [1.82, 2.24) is 0 Å². The van der Waals surface area contributed by atoms with Crippen LogP contribution in [0.15, 0.2) is 120 Å². The molecule has 0 bridgehead atoms. The van der Waals surface area contributed by atoms with Crippen molar-refractivity contribution >= 4 is 51.2 Å². The summed E-state index contributed by atoms with van der Waals surface area (Å²) in [7, 11) is 0. The number of para-hydroxylation sites is 1. The molecule has 0 unspecified atom stereocenters. The lowest BCUT2D eigenvalue weighted by molar-refractivity contribution is -0.151. The Bertz CT molecular complexity index is 1630. The molecule has 3 aliphatic rings. The van der Waals surface area contributed by atoms with Crippen molar-refractivity contribution in [2.45, 2.75) is 18.2 Å². The quantitative estimate of drug-likeness (QED) is 0.201. The van der Waals surface area contributed by atoms with Gasteiger partial charge in [0.1, 0.15) is 6.04 Å². The predicted octanol–water partition coefficient (Wildman–Crippen LogP) is 6.17. The molecule has 3 aliphatic heterocycles. The first-order valence-corrected chi connectivity index (χ1v) is 14.3. The summed E-state index contributed by atoms with van der Waals surface area (Å²) in [5, 5.41) is 0. The third-order valence-electron chi connectivity index (χ3n) is 8.18. The number of rotatable bonds is 5. The second kappa shape index (κ2) is 10.2. The molecule has 202 valence electrons. The van der Waals surface area contributed by atoms with Crippen molar-refractivity contribution in [3.63, 3.8) is 0 Å². The monoisotopic (exact) mass is 604 g/mol. The van der Waals surface area contributed by atoms with E-state index in [1.54, 1.807) is 24.3 Å². The van der Waals surface area contributed by atoms with Crippen LogP contribution in [0.4, 0.5) is 11.4 Å². The molecule has 0 aliphatic carbocycles. The lowest BCUT2D eigenvalue weighted by atomic mass is 9.88. The highest BCUT2D eigenvalue weighted by Gasteiger charge is 2.65. The summed E-state index contributed by atoms with van der Waals surface area (Å²) < 4.78 is 7.17. The zero-order valence-corrected chi connectivity index (χ0v) is 23.4. The van der Waals surface area contributed by atoms with Gasteiger partial charge < -0.3 is 9.64 Å². The molecular weight excluding hydrogens is 580 g/mol. The number of imide groups is 1. The van der Waals surface area contributed by atoms with Crippen molar-refractivity contribution < 1.29 is 19.1 Å². The Morgan fingerprint density at radius 3 is 1.98 bits per heavy atom. The van der Waals surface area contributed by atoms with E-state index in [0.29, 0.717) is 5.69 Å². The first-order valence-electron chi connectivity index (χ1n) is 13.5. The smallest absolute Gasteiger partial charge is 0.330 e. The molecule has 2 saturated heterocycles. The topological polar surface area (TPSA) is 66.9 Å². The van der Waals surface area contributed by atoms with Gasteiger partial charge in [-0.3, -0.25) is 9.59 Å². The van der Waals surface area contributed by atoms with Gasteiger partial charge in [0, 0.05) is 10.2 Å². The van der Waals surface area contributed by atoms with Gasteiger partial charge in [-0.05, 0) is 47.0 Å². The van der Waals surface area contributed by atoms with Crippen LogP contribution in [-0.4, -0.2) is 29.9 Å². The summed E-state index contributed by atoms with van der Waals surface area (Å²) in [4.78, 5) is 45.6. The molecule has 0 radical (unpaired) electrons. The van der Waals surface area contributed by atoms with Crippen LogP contribution in [0, 0.1) is 11.8 Å². The Hall–Kier alpha value is -4.49. The zero-order chi connectivity index (χ0) is 28.1. The van der Waals surface area contributed by atoms with Gasteiger partial charge in [0.2, 0.25) is 11.8 Å². The number of nitrogens with zero attached hydrogens (tertiary/aromatic N) is 2. The number of carbonyl (C=O) groups excluding carboxylic acids is 3. The number of anilines is 2. The molecule has 0 spiro atoms. The Labute approximate surface area is 246 Å². The minimum Gasteiger partial charge on any atom is -0.451 e. The molecule has 41 heavy (non-hydrogen) atoms. The average molecular weight is 605 g/mol. The maximum absolute atomic E-state index is 14.4. The number of fused-ring (bicyclic) bond motifs is 5. The summed E-state index contributed by atoms with van der Waals surface area (Å²) in [5.74, 6) is -2.85. The molecule has 0 saturated carbocycles. The van der Waals surface area contributed by atoms with Crippen LogP contribution < -0.4 is 9.80 Å². The van der Waals surface area contributed by atoms with Gasteiger partial charge in [0.25, 0.3) is 0 Å². The van der Waals surface area contributed by atoms with E-state index in [1.807, 2.05) is 102 Å². The highest BCUT2D eigenvalue weighted by molar-refractivity contribution is 9.10. The fraction of sp³-hybridized carbons (Fsp3) is 0.147. The number of hydrogen-bond acceptors (Lipinski definition) is 5. The van der Waals surface area contributed by atoms with E-state index in [9.17, 15) is 14.4 Å². The Morgan fingerprint density at radius 2 is 1.32 bits per heavy atom. The molecular formula is C34H25BrN2O4. The number of hydrogen-bond donors (Lipinski definition) is 0. The van der Waals surface area contributed by atoms with E-state index < -0.39 is 36.0 Å². The van der Waals surface area contributed by atoms with E-state index in [4.69, 9.17) is 4.74 Å². The molecule has 3 heterocycles. The number of carbonyl (C=O) groups is 3. The van der Waals surface area contributed by atoms with Crippen LogP contribution in [0.1, 0.15) is 22.8 Å². The Morgan fingerprint density at radius 1 is 0.732 bits per heavy atom. The third-order valence-corrected chi connectivity index (χ3v) is 8.71. The molecule has 6 nitrogen and oxygen atoms in total. The average Bonchev–Trinajstić information content (AvgIpc) is 3.49. The highest BCUT2D eigenvalue weighted by atomic mass is 79.9. The lowest BCUT2D eigenvalue weighted by Crippen LogP contribution is -2.49. The SMILES string of the molecule is O=C(OC(c1ccccc1)c1ccccc1)[C@@H]1[C@H]2C(=O)N(c3ccc(Br)cc3)C(=O)[C@@H]2[C@H]2C=Cc3ccccc3N21. The molecule has 0 N–H and O–H groups in total. The second-order valence-corrected chi connectivity index (χ2v) is 11.4. The standard InChI is InChI=1S/C34H25BrN2O4/c35-24-16-18-25(19-17-24)36-32(38)28-27-20-15-21-9-7-8-14-26(21)37(27)30(29(28)33(36)39)34(40)41-31(22-10-3-1-4-11-22)23-12-5-2-6-13-23/h1-20,27-31H/t27-,28-,29+,30+/m1/s1. The maximum Gasteiger partial charge on any atom is 0.330 e. The van der Waals surface area contributed by atoms with Crippen molar-refractivity contribution in [1.29, 1.82) is 0 Å². The zero-order valence-electron chi connectivity index (χ0n) is 21.8. The number of amides is 2. The molecule has 2 fully saturated rings. The summed E-state index contributed by atoms with van der Waals surface area (Å²) in [6.45, 7) is 0. The Kier molecular flexibility index (Phi) is 6.31. The lowest BCUT2D eigenvalue weighted by Gasteiger charge is -2.36. The highest BCUT2D eigenvalue weighted by Crippen LogP contribution is 2.49. The van der Waals surface area contributed by atoms with Gasteiger partial charge in [-0.2, -0.15) is 0 Å². The van der Waals surface area contributed by atoms with Crippen LogP contribution in [-0.2, 0) is 19.1 Å². The molecule has 4 atom stereocenters. The van der Waals surface area contributed by atoms with Crippen LogP contribution in [0.5, 0.6) is 0 Å². The number of esters is 1. The summed E-state index contributed by atoms with van der Waals surface area (Å²) in [6.07, 6.45) is 3.24. The number of benzene rings is 4. The van der Waals surface area contributed by atoms with Crippen molar-refractivity contribution in [2.75, 3.05) is 9.80 Å². The molecule has 7 heteroatoms. The molecule has 4 aromatic rings. The first kappa shape index (κ1) is 25.5. The van der Waals surface area contributed by atoms with Gasteiger partial charge in [0.15, 0.2) is 6.10 Å². The predicted molar refractivity (Wildman–Crippen MR) is 160 cm³/mol. The van der Waals surface area contributed by atoms with Crippen LogP contribution in [0.3, 0.4) is 0 Å². The second-order valence-electron chi connectivity index (χ2n) is 10.4. The van der Waals surface area contributed by atoms with Gasteiger partial charge in [0.05, 0.1) is 23.6 Å². The Balaban J connectivity index is 1.32. The molecule has 2 amide bonds. The maximum atomic E-state index is 14.4.